The fourth-order valence-corrected chi connectivity index (χ4v) is 8.12. The number of hydrogen-bond acceptors (Lipinski definition) is 2. The topological polar surface area (TPSA) is 51.4 Å². The third kappa shape index (κ3) is 4.15. The first-order valence-electron chi connectivity index (χ1n) is 17.2. The molecule has 5 nitrogen and oxygen atoms in total. The zero-order chi connectivity index (χ0) is 33.5. The van der Waals surface area contributed by atoms with Crippen LogP contribution in [-0.2, 0) is 0 Å². The predicted molar refractivity (Wildman–Crippen MR) is 211 cm³/mol. The van der Waals surface area contributed by atoms with Crippen LogP contribution in [0.5, 0.6) is 0 Å². The molecule has 0 amide bonds. The van der Waals surface area contributed by atoms with E-state index in [9.17, 15) is 0 Å². The van der Waals surface area contributed by atoms with E-state index < -0.39 is 0 Å². The number of aromatic nitrogens is 5. The van der Waals surface area contributed by atoms with E-state index in [0.717, 1.165) is 33.3 Å². The Labute approximate surface area is 292 Å². The van der Waals surface area contributed by atoms with E-state index in [2.05, 4.69) is 176 Å². The van der Waals surface area contributed by atoms with Crippen molar-refractivity contribution in [3.05, 3.63) is 170 Å². The smallest absolute Gasteiger partial charge is 0.234 e. The zero-order valence-corrected chi connectivity index (χ0v) is 27.5. The van der Waals surface area contributed by atoms with Gasteiger partial charge in [-0.3, -0.25) is 4.57 Å². The molecule has 7 aromatic carbocycles. The Bertz CT molecular complexity index is 3130. The summed E-state index contributed by atoms with van der Waals surface area (Å²) in [6, 6.07) is 56.7. The van der Waals surface area contributed by atoms with Crippen LogP contribution in [0.1, 0.15) is 0 Å². The van der Waals surface area contributed by atoms with Crippen molar-refractivity contribution in [2.24, 2.45) is 0 Å². The molecule has 0 bridgehead atoms. The van der Waals surface area contributed by atoms with Gasteiger partial charge < -0.3 is 9.55 Å². The summed E-state index contributed by atoms with van der Waals surface area (Å²) in [5.41, 5.74) is 12.7. The summed E-state index contributed by atoms with van der Waals surface area (Å²) < 4.78 is 4.53. The fraction of sp³-hybridized carbons (Fsp3) is 0. The van der Waals surface area contributed by atoms with Crippen molar-refractivity contribution >= 4 is 65.4 Å². The quantitative estimate of drug-likeness (QED) is 0.206. The van der Waals surface area contributed by atoms with Crippen LogP contribution in [0, 0.1) is 0 Å². The fourth-order valence-electron chi connectivity index (χ4n) is 8.12. The van der Waals surface area contributed by atoms with Gasteiger partial charge in [-0.1, -0.05) is 84.9 Å². The van der Waals surface area contributed by atoms with Gasteiger partial charge in [0, 0.05) is 61.5 Å². The maximum Gasteiger partial charge on any atom is 0.234 e. The number of benzene rings is 7. The monoisotopic (exact) mass is 651 g/mol. The highest BCUT2D eigenvalue weighted by Crippen LogP contribution is 2.42. The van der Waals surface area contributed by atoms with E-state index in [0.29, 0.717) is 5.95 Å². The number of rotatable bonds is 4. The molecule has 4 aromatic heterocycles. The average molecular weight is 652 g/mol. The lowest BCUT2D eigenvalue weighted by molar-refractivity contribution is 0.988. The number of nitrogens with zero attached hydrogens (tertiary/aromatic N) is 4. The molecule has 51 heavy (non-hydrogen) atoms. The second kappa shape index (κ2) is 10.8. The second-order valence-corrected chi connectivity index (χ2v) is 13.2. The van der Waals surface area contributed by atoms with Crippen LogP contribution in [0.3, 0.4) is 0 Å². The summed E-state index contributed by atoms with van der Waals surface area (Å²) in [5.74, 6) is 0.667. The molecule has 1 N–H and O–H groups in total. The third-order valence-electron chi connectivity index (χ3n) is 10.4. The van der Waals surface area contributed by atoms with Gasteiger partial charge in [0.25, 0.3) is 0 Å². The molecule has 0 saturated heterocycles. The summed E-state index contributed by atoms with van der Waals surface area (Å²) in [4.78, 5) is 13.0. The molecule has 0 radical (unpaired) electrons. The first kappa shape index (κ1) is 27.9. The molecule has 11 rings (SSSR count). The van der Waals surface area contributed by atoms with Gasteiger partial charge in [-0.15, -0.1) is 0 Å². The molecule has 5 heteroatoms. The van der Waals surface area contributed by atoms with E-state index in [1.807, 2.05) is 6.07 Å². The minimum absolute atomic E-state index is 0.667. The summed E-state index contributed by atoms with van der Waals surface area (Å²) in [6.45, 7) is 0. The van der Waals surface area contributed by atoms with Gasteiger partial charge in [-0.25, -0.2) is 9.97 Å². The first-order valence-corrected chi connectivity index (χ1v) is 17.2. The maximum atomic E-state index is 4.62. The molecule has 0 fully saturated rings. The average Bonchev–Trinajstić information content (AvgIpc) is 3.85. The predicted octanol–water partition coefficient (Wildman–Crippen LogP) is 11.6. The van der Waals surface area contributed by atoms with Crippen molar-refractivity contribution in [1.29, 1.82) is 0 Å². The van der Waals surface area contributed by atoms with Gasteiger partial charge in [0.1, 0.15) is 0 Å². The Morgan fingerprint density at radius 3 is 1.73 bits per heavy atom. The minimum Gasteiger partial charge on any atom is -0.354 e. The van der Waals surface area contributed by atoms with E-state index in [1.165, 1.54) is 60.0 Å². The van der Waals surface area contributed by atoms with Crippen LogP contribution >= 0.6 is 0 Å². The lowest BCUT2D eigenvalue weighted by Crippen LogP contribution is -1.99. The van der Waals surface area contributed by atoms with Gasteiger partial charge in [-0.05, 0) is 89.5 Å². The van der Waals surface area contributed by atoms with Gasteiger partial charge in [-0.2, -0.15) is 0 Å². The van der Waals surface area contributed by atoms with Crippen molar-refractivity contribution in [2.75, 3.05) is 0 Å². The molecule has 0 unspecified atom stereocenters. The molecule has 0 aliphatic rings. The lowest BCUT2D eigenvalue weighted by Gasteiger charge is -2.11. The normalized spacial score (nSPS) is 11.9. The summed E-state index contributed by atoms with van der Waals surface area (Å²) in [5, 5.41) is 7.26. The zero-order valence-electron chi connectivity index (χ0n) is 27.5. The van der Waals surface area contributed by atoms with Crippen molar-refractivity contribution in [1.82, 2.24) is 24.1 Å². The number of para-hydroxylation sites is 4. The van der Waals surface area contributed by atoms with E-state index in [1.54, 1.807) is 12.4 Å². The maximum absolute atomic E-state index is 4.62. The molecular weight excluding hydrogens is 623 g/mol. The summed E-state index contributed by atoms with van der Waals surface area (Å²) in [6.07, 6.45) is 3.60. The molecule has 238 valence electrons. The second-order valence-electron chi connectivity index (χ2n) is 13.2. The molecular formula is C46H29N5. The van der Waals surface area contributed by atoms with Crippen molar-refractivity contribution in [2.45, 2.75) is 0 Å². The van der Waals surface area contributed by atoms with Gasteiger partial charge in [0.05, 0.1) is 27.6 Å². The Balaban J connectivity index is 1.17. The van der Waals surface area contributed by atoms with Gasteiger partial charge >= 0.3 is 0 Å². The summed E-state index contributed by atoms with van der Waals surface area (Å²) in [7, 11) is 0. The van der Waals surface area contributed by atoms with E-state index in [-0.39, 0.29) is 0 Å². The van der Waals surface area contributed by atoms with Crippen molar-refractivity contribution in [3.8, 4) is 33.9 Å². The highest BCUT2D eigenvalue weighted by molar-refractivity contribution is 6.16. The van der Waals surface area contributed by atoms with E-state index >= 15 is 0 Å². The highest BCUT2D eigenvalue weighted by Gasteiger charge is 2.19. The number of aromatic amines is 1. The Kier molecular flexibility index (Phi) is 5.89. The molecule has 0 saturated carbocycles. The van der Waals surface area contributed by atoms with Crippen molar-refractivity contribution in [3.63, 3.8) is 0 Å². The number of H-pyrrole nitrogens is 1. The van der Waals surface area contributed by atoms with Crippen LogP contribution in [0.15, 0.2) is 170 Å². The summed E-state index contributed by atoms with van der Waals surface area (Å²) >= 11 is 0. The van der Waals surface area contributed by atoms with Crippen LogP contribution in [0.25, 0.3) is 99.3 Å². The first-order chi connectivity index (χ1) is 25.3. The Morgan fingerprint density at radius 2 is 0.961 bits per heavy atom. The van der Waals surface area contributed by atoms with Crippen LogP contribution in [0.2, 0.25) is 0 Å². The standard InChI is InChI=1S/C46H29N5/c1-2-11-32(12-3-1)50-41-17-8-5-14-34(41)37-25-29(19-21-43(37)50)31-27-36(45-39(28-31)33-13-4-7-16-40(33)49-45)30-20-22-44-38(26-30)35-15-6-9-18-42(35)51(44)46-47-23-10-24-48-46/h1-28,49H. The minimum atomic E-state index is 0.667. The van der Waals surface area contributed by atoms with Gasteiger partial charge in [0.2, 0.25) is 5.95 Å². The van der Waals surface area contributed by atoms with Crippen molar-refractivity contribution < 1.29 is 0 Å². The van der Waals surface area contributed by atoms with Crippen LogP contribution in [0.4, 0.5) is 0 Å². The van der Waals surface area contributed by atoms with Gasteiger partial charge in [0.15, 0.2) is 0 Å². The van der Waals surface area contributed by atoms with Crippen LogP contribution in [-0.4, -0.2) is 24.1 Å². The molecule has 0 aliphatic heterocycles. The number of fused-ring (bicyclic) bond motifs is 9. The number of hydrogen-bond donors (Lipinski definition) is 1. The van der Waals surface area contributed by atoms with Crippen LogP contribution < -0.4 is 0 Å². The Morgan fingerprint density at radius 1 is 0.392 bits per heavy atom. The SMILES string of the molecule is c1ccc(-n2c3ccccc3c3cc(-c4cc(-c5ccc6c(c5)c5ccccc5n6-c5ncccn5)c5[nH]c6ccccc6c5c4)ccc32)cc1. The third-order valence-corrected chi connectivity index (χ3v) is 10.4. The number of nitrogens with one attached hydrogen (secondary N) is 1. The highest BCUT2D eigenvalue weighted by atomic mass is 15.1. The molecule has 0 spiro atoms. The largest absolute Gasteiger partial charge is 0.354 e. The molecule has 4 heterocycles. The Hall–Kier alpha value is -6.98. The van der Waals surface area contributed by atoms with E-state index in [4.69, 9.17) is 0 Å². The lowest BCUT2D eigenvalue weighted by atomic mass is 9.94. The molecule has 0 aliphatic carbocycles. The molecule has 11 aromatic rings. The molecule has 0 atom stereocenters.